The molecule has 1 atom stereocenters. The molecule has 0 radical (unpaired) electrons. The summed E-state index contributed by atoms with van der Waals surface area (Å²) in [6.07, 6.45) is 1.19. The predicted molar refractivity (Wildman–Crippen MR) is 50.2 cm³/mol. The highest BCUT2D eigenvalue weighted by Gasteiger charge is 2.16. The van der Waals surface area contributed by atoms with Crippen LogP contribution in [0.25, 0.3) is 0 Å². The van der Waals surface area contributed by atoms with Crippen molar-refractivity contribution in [1.82, 2.24) is 0 Å². The second-order valence-electron chi connectivity index (χ2n) is 3.93. The van der Waals surface area contributed by atoms with Gasteiger partial charge in [0, 0.05) is 16.6 Å². The molecule has 0 saturated carbocycles. The Balaban J connectivity index is 3.47. The van der Waals surface area contributed by atoms with Gasteiger partial charge in [0.15, 0.2) is 0 Å². The highest BCUT2D eigenvalue weighted by Crippen LogP contribution is 2.00. The quantitative estimate of drug-likeness (QED) is 0.606. The molecule has 0 rings (SSSR count). The molecule has 1 nitrogen and oxygen atoms in total. The molecule has 0 spiro atoms. The highest BCUT2D eigenvalue weighted by molar-refractivity contribution is 7.23. The third-order valence-electron chi connectivity index (χ3n) is 1.40. The molecule has 56 valence electrons. The highest BCUT2D eigenvalue weighted by atomic mass is 29.2. The van der Waals surface area contributed by atoms with E-state index < -0.39 is 7.59 Å². The van der Waals surface area contributed by atoms with Gasteiger partial charge in [0.1, 0.15) is 0 Å². The van der Waals surface area contributed by atoms with Crippen LogP contribution in [-0.2, 0) is 0 Å². The lowest BCUT2D eigenvalue weighted by Crippen LogP contribution is -2.43. The lowest BCUT2D eigenvalue weighted by Gasteiger charge is -2.18. The zero-order valence-electron chi connectivity index (χ0n) is 7.07. The summed E-state index contributed by atoms with van der Waals surface area (Å²) in [4.78, 5) is 0. The summed E-state index contributed by atoms with van der Waals surface area (Å²) in [5.74, 6) is 0. The van der Waals surface area contributed by atoms with E-state index in [4.69, 9.17) is 5.73 Å². The van der Waals surface area contributed by atoms with Crippen LogP contribution >= 0.6 is 0 Å². The van der Waals surface area contributed by atoms with Crippen molar-refractivity contribution in [3.8, 4) is 0 Å². The van der Waals surface area contributed by atoms with Crippen molar-refractivity contribution in [2.45, 2.75) is 38.7 Å². The summed E-state index contributed by atoms with van der Waals surface area (Å²) < 4.78 is 0. The second-order valence-corrected chi connectivity index (χ2v) is 18.1. The van der Waals surface area contributed by atoms with Gasteiger partial charge in [-0.05, 0) is 12.1 Å². The average Bonchev–Trinajstić information content (AvgIpc) is 1.62. The molecule has 0 fully saturated rings. The summed E-state index contributed by atoms with van der Waals surface area (Å²) in [7, 11) is -0.637. The summed E-state index contributed by atoms with van der Waals surface area (Å²) in [5, 5.41) is 0. The third-order valence-corrected chi connectivity index (χ3v) is 8.97. The maximum atomic E-state index is 5.86. The monoisotopic (exact) mass is 161 g/mol. The minimum absolute atomic E-state index is 0.0907. The zero-order valence-corrected chi connectivity index (χ0v) is 9.48. The van der Waals surface area contributed by atoms with E-state index in [2.05, 4.69) is 26.6 Å². The van der Waals surface area contributed by atoms with Gasteiger partial charge in [-0.15, -0.1) is 0 Å². The van der Waals surface area contributed by atoms with Crippen LogP contribution in [0.3, 0.4) is 0 Å². The predicted octanol–water partition coefficient (Wildman–Crippen LogP) is 0.685. The van der Waals surface area contributed by atoms with Gasteiger partial charge in [0.05, 0.1) is 0 Å². The molecule has 0 saturated heterocycles. The van der Waals surface area contributed by atoms with Crippen molar-refractivity contribution < 1.29 is 0 Å². The van der Waals surface area contributed by atoms with E-state index in [1.165, 1.54) is 6.42 Å². The molecule has 0 aliphatic heterocycles. The van der Waals surface area contributed by atoms with Gasteiger partial charge in [0.2, 0.25) is 0 Å². The van der Waals surface area contributed by atoms with Crippen LogP contribution in [0.1, 0.15) is 13.3 Å². The fourth-order valence-corrected chi connectivity index (χ4v) is 8.38. The van der Waals surface area contributed by atoms with E-state index >= 15 is 0 Å². The molecule has 0 bridgehead atoms. The summed E-state index contributed by atoms with van der Waals surface area (Å²) in [5.41, 5.74) is 6.45. The SMILES string of the molecule is CCC(N)[SiH2][Si](C)(C)C. The molecule has 0 aromatic heterocycles. The van der Waals surface area contributed by atoms with Gasteiger partial charge in [-0.1, -0.05) is 26.6 Å². The van der Waals surface area contributed by atoms with Gasteiger partial charge >= 0.3 is 0 Å². The molecular weight excluding hydrogens is 142 g/mol. The Labute approximate surface area is 61.6 Å². The fraction of sp³-hybridized carbons (Fsp3) is 1.00. The van der Waals surface area contributed by atoms with Crippen molar-refractivity contribution >= 4 is 16.6 Å². The lowest BCUT2D eigenvalue weighted by atomic mass is 10.5. The topological polar surface area (TPSA) is 26.0 Å². The number of nitrogens with two attached hydrogens (primary N) is 1. The molecule has 0 aliphatic carbocycles. The second kappa shape index (κ2) is 3.53. The Morgan fingerprint density at radius 3 is 2.00 bits per heavy atom. The third kappa shape index (κ3) is 6.28. The first-order chi connectivity index (χ1) is 3.95. The first-order valence-electron chi connectivity index (χ1n) is 3.71. The number of rotatable bonds is 3. The molecule has 0 aromatic carbocycles. The molecule has 0 aliphatic rings. The van der Waals surface area contributed by atoms with Crippen molar-refractivity contribution in [2.24, 2.45) is 5.73 Å². The Morgan fingerprint density at radius 1 is 1.44 bits per heavy atom. The molecule has 0 amide bonds. The first-order valence-corrected chi connectivity index (χ1v) is 10.4. The molecule has 1 unspecified atom stereocenters. The fourth-order valence-electron chi connectivity index (χ4n) is 0.931. The first kappa shape index (κ1) is 9.39. The maximum absolute atomic E-state index is 5.86. The Morgan fingerprint density at radius 2 is 1.89 bits per heavy atom. The lowest BCUT2D eigenvalue weighted by molar-refractivity contribution is 0.851. The van der Waals surface area contributed by atoms with Crippen LogP contribution < -0.4 is 5.73 Å². The van der Waals surface area contributed by atoms with Crippen molar-refractivity contribution in [2.75, 3.05) is 0 Å². The van der Waals surface area contributed by atoms with E-state index in [-0.39, 0.29) is 9.04 Å². The molecule has 0 heterocycles. The van der Waals surface area contributed by atoms with Gasteiger partial charge in [-0.25, -0.2) is 0 Å². The average molecular weight is 161 g/mol. The molecule has 0 aromatic rings. The van der Waals surface area contributed by atoms with Crippen molar-refractivity contribution in [3.05, 3.63) is 0 Å². The summed E-state index contributed by atoms with van der Waals surface area (Å²) >= 11 is 0. The van der Waals surface area contributed by atoms with E-state index in [0.717, 1.165) is 0 Å². The van der Waals surface area contributed by atoms with Crippen LogP contribution in [0.15, 0.2) is 0 Å². The van der Waals surface area contributed by atoms with Crippen LogP contribution in [0.2, 0.25) is 19.6 Å². The Bertz CT molecular complexity index is 77.6. The Kier molecular flexibility index (Phi) is 3.69. The molecule has 9 heavy (non-hydrogen) atoms. The van der Waals surface area contributed by atoms with Crippen LogP contribution in [-0.4, -0.2) is 22.3 Å². The van der Waals surface area contributed by atoms with E-state index in [1.54, 1.807) is 0 Å². The molecule has 2 N–H and O–H groups in total. The van der Waals surface area contributed by atoms with E-state index in [1.807, 2.05) is 0 Å². The minimum atomic E-state index is -0.727. The molecular formula is C6H19NSi2. The number of hydrogen-bond donors (Lipinski definition) is 1. The normalized spacial score (nSPS) is 17.0. The standard InChI is InChI=1S/C6H19NSi2/c1-5-6(7)8-9(2,3)4/h6H,5,7-8H2,1-4H3. The minimum Gasteiger partial charge on any atom is -0.331 e. The maximum Gasteiger partial charge on any atom is 0.0353 e. The molecule has 3 heteroatoms. The zero-order chi connectivity index (χ0) is 7.49. The Hall–Kier alpha value is 0.394. The van der Waals surface area contributed by atoms with Gasteiger partial charge in [-0.2, -0.15) is 0 Å². The smallest absolute Gasteiger partial charge is 0.0353 e. The summed E-state index contributed by atoms with van der Waals surface area (Å²) in [6.45, 7) is 9.47. The van der Waals surface area contributed by atoms with Crippen LogP contribution in [0.4, 0.5) is 0 Å². The summed E-state index contributed by atoms with van der Waals surface area (Å²) in [6, 6.07) is 0. The van der Waals surface area contributed by atoms with Gasteiger partial charge in [-0.3, -0.25) is 0 Å². The van der Waals surface area contributed by atoms with E-state index in [9.17, 15) is 0 Å². The largest absolute Gasteiger partial charge is 0.331 e. The van der Waals surface area contributed by atoms with Crippen LogP contribution in [0.5, 0.6) is 0 Å². The van der Waals surface area contributed by atoms with Gasteiger partial charge < -0.3 is 5.73 Å². The number of hydrogen-bond acceptors (Lipinski definition) is 1. The van der Waals surface area contributed by atoms with Crippen molar-refractivity contribution in [1.29, 1.82) is 0 Å². The van der Waals surface area contributed by atoms with E-state index in [0.29, 0.717) is 5.67 Å². The van der Waals surface area contributed by atoms with Gasteiger partial charge in [0.25, 0.3) is 0 Å². The van der Waals surface area contributed by atoms with Crippen molar-refractivity contribution in [3.63, 3.8) is 0 Å². The van der Waals surface area contributed by atoms with Crippen LogP contribution in [0, 0.1) is 0 Å².